The van der Waals surface area contributed by atoms with Gasteiger partial charge in [-0.25, -0.2) is 13.6 Å². The number of hydrogen-bond acceptors (Lipinski definition) is 3. The fourth-order valence-electron chi connectivity index (χ4n) is 1.86. The van der Waals surface area contributed by atoms with Crippen molar-refractivity contribution >= 4 is 12.0 Å². The van der Waals surface area contributed by atoms with Crippen molar-refractivity contribution in [1.82, 2.24) is 10.6 Å². The van der Waals surface area contributed by atoms with Gasteiger partial charge in [0.25, 0.3) is 6.43 Å². The number of carboxylic acids is 1. The Balaban J connectivity index is 3.83. The number of carbonyl (C=O) groups excluding carboxylic acids is 1. The number of aliphatic carboxylic acids is 1. The molecule has 0 aromatic heterocycles. The van der Waals surface area contributed by atoms with Gasteiger partial charge in [-0.1, -0.05) is 13.8 Å². The van der Waals surface area contributed by atoms with Gasteiger partial charge in [0, 0.05) is 19.5 Å². The second-order valence-corrected chi connectivity index (χ2v) is 5.20. The average molecular weight is 310 g/mol. The molecule has 6 nitrogen and oxygen atoms in total. The number of urea groups is 1. The molecule has 3 N–H and O–H groups in total. The Bertz CT molecular complexity index is 315. The molecule has 0 spiro atoms. The average Bonchev–Trinajstić information content (AvgIpc) is 2.33. The van der Waals surface area contributed by atoms with Crippen molar-refractivity contribution in [1.29, 1.82) is 0 Å². The Labute approximate surface area is 123 Å². The van der Waals surface area contributed by atoms with E-state index in [0.29, 0.717) is 12.3 Å². The van der Waals surface area contributed by atoms with Gasteiger partial charge in [-0.15, -0.1) is 0 Å². The zero-order chi connectivity index (χ0) is 16.3. The van der Waals surface area contributed by atoms with Crippen molar-refractivity contribution in [3.63, 3.8) is 0 Å². The number of carboxylic acid groups (broad SMARTS) is 1. The van der Waals surface area contributed by atoms with Crippen molar-refractivity contribution in [2.75, 3.05) is 26.3 Å². The third kappa shape index (κ3) is 13.3. The van der Waals surface area contributed by atoms with Crippen LogP contribution in [-0.2, 0) is 9.53 Å². The molecule has 0 aliphatic carbocycles. The standard InChI is InChI=1S/C13H24F2N2O4/c1-9(2)5-10(6-12(18)19)7-17-13(20)16-3-4-21-8-11(14)15/h9-11H,3-8H2,1-2H3,(H,18,19)(H2,16,17,20). The van der Waals surface area contributed by atoms with Crippen LogP contribution in [0.25, 0.3) is 0 Å². The first kappa shape index (κ1) is 19.6. The minimum absolute atomic E-state index is 0.00229. The van der Waals surface area contributed by atoms with E-state index in [1.54, 1.807) is 0 Å². The number of alkyl halides is 2. The van der Waals surface area contributed by atoms with Gasteiger partial charge >= 0.3 is 12.0 Å². The number of ether oxygens (including phenoxy) is 1. The molecule has 0 bridgehead atoms. The molecule has 0 rings (SSSR count). The maximum Gasteiger partial charge on any atom is 0.314 e. The highest BCUT2D eigenvalue weighted by molar-refractivity contribution is 5.74. The number of halogens is 2. The molecule has 1 atom stereocenters. The second kappa shape index (κ2) is 11.2. The summed E-state index contributed by atoms with van der Waals surface area (Å²) >= 11 is 0. The van der Waals surface area contributed by atoms with E-state index in [1.807, 2.05) is 13.8 Å². The lowest BCUT2D eigenvalue weighted by Crippen LogP contribution is -2.40. The molecule has 0 fully saturated rings. The number of rotatable bonds is 11. The third-order valence-electron chi connectivity index (χ3n) is 2.60. The number of carbonyl (C=O) groups is 2. The van der Waals surface area contributed by atoms with Gasteiger partial charge in [0.05, 0.1) is 6.61 Å². The van der Waals surface area contributed by atoms with Crippen LogP contribution >= 0.6 is 0 Å². The molecule has 124 valence electrons. The molecule has 0 saturated heterocycles. The molecule has 0 aromatic carbocycles. The van der Waals surface area contributed by atoms with E-state index in [9.17, 15) is 18.4 Å². The summed E-state index contributed by atoms with van der Waals surface area (Å²) in [7, 11) is 0. The largest absolute Gasteiger partial charge is 0.481 e. The van der Waals surface area contributed by atoms with Gasteiger partial charge < -0.3 is 20.5 Å². The highest BCUT2D eigenvalue weighted by atomic mass is 19.3. The van der Waals surface area contributed by atoms with Crippen molar-refractivity contribution in [3.05, 3.63) is 0 Å². The maximum atomic E-state index is 11.8. The molecule has 2 amide bonds. The van der Waals surface area contributed by atoms with Gasteiger partial charge in [-0.3, -0.25) is 4.79 Å². The fourth-order valence-corrected chi connectivity index (χ4v) is 1.86. The maximum absolute atomic E-state index is 11.8. The van der Waals surface area contributed by atoms with Crippen LogP contribution in [-0.4, -0.2) is 49.8 Å². The van der Waals surface area contributed by atoms with Crippen molar-refractivity contribution < 1.29 is 28.2 Å². The molecule has 0 aliphatic heterocycles. The predicted octanol–water partition coefficient (Wildman–Crippen LogP) is 1.70. The summed E-state index contributed by atoms with van der Waals surface area (Å²) in [4.78, 5) is 22.2. The summed E-state index contributed by atoms with van der Waals surface area (Å²) in [6.45, 7) is 3.69. The van der Waals surface area contributed by atoms with E-state index >= 15 is 0 Å². The van der Waals surface area contributed by atoms with E-state index in [-0.39, 0.29) is 32.0 Å². The van der Waals surface area contributed by atoms with Gasteiger partial charge in [-0.2, -0.15) is 0 Å². The molecule has 1 unspecified atom stereocenters. The van der Waals surface area contributed by atoms with E-state index in [4.69, 9.17) is 5.11 Å². The van der Waals surface area contributed by atoms with Crippen molar-refractivity contribution in [2.24, 2.45) is 11.8 Å². The zero-order valence-electron chi connectivity index (χ0n) is 12.4. The van der Waals surface area contributed by atoms with Gasteiger partial charge in [0.1, 0.15) is 6.61 Å². The lowest BCUT2D eigenvalue weighted by atomic mass is 9.94. The summed E-state index contributed by atoms with van der Waals surface area (Å²) in [6.07, 6.45) is -1.83. The van der Waals surface area contributed by atoms with Crippen LogP contribution < -0.4 is 10.6 Å². The summed E-state index contributed by atoms with van der Waals surface area (Å²) in [5.41, 5.74) is 0. The molecule has 8 heteroatoms. The summed E-state index contributed by atoms with van der Waals surface area (Å²) in [5.74, 6) is -0.700. The lowest BCUT2D eigenvalue weighted by molar-refractivity contribution is -0.138. The quantitative estimate of drug-likeness (QED) is 0.507. The summed E-state index contributed by atoms with van der Waals surface area (Å²) in [5, 5.41) is 13.8. The fraction of sp³-hybridized carbons (Fsp3) is 0.846. The van der Waals surface area contributed by atoms with E-state index in [1.165, 1.54) is 0 Å². The Morgan fingerprint density at radius 1 is 1.24 bits per heavy atom. The Morgan fingerprint density at radius 3 is 2.43 bits per heavy atom. The number of nitrogens with one attached hydrogen (secondary N) is 2. The van der Waals surface area contributed by atoms with Crippen LogP contribution in [0.2, 0.25) is 0 Å². The van der Waals surface area contributed by atoms with Crippen molar-refractivity contribution in [3.8, 4) is 0 Å². The van der Waals surface area contributed by atoms with Crippen molar-refractivity contribution in [2.45, 2.75) is 33.1 Å². The van der Waals surface area contributed by atoms with E-state index in [0.717, 1.165) is 0 Å². The molecule has 0 saturated carbocycles. The van der Waals surface area contributed by atoms with Gasteiger partial charge in [0.2, 0.25) is 0 Å². The molecule has 0 heterocycles. The van der Waals surface area contributed by atoms with Crippen LogP contribution in [0.15, 0.2) is 0 Å². The van der Waals surface area contributed by atoms with Gasteiger partial charge in [-0.05, 0) is 18.3 Å². The molecule has 0 aliphatic rings. The van der Waals surface area contributed by atoms with E-state index in [2.05, 4.69) is 15.4 Å². The molecule has 0 radical (unpaired) electrons. The van der Waals surface area contributed by atoms with Crippen LogP contribution in [0.1, 0.15) is 26.7 Å². The molecular weight excluding hydrogens is 286 g/mol. The van der Waals surface area contributed by atoms with Crippen LogP contribution in [0.4, 0.5) is 13.6 Å². The Kier molecular flexibility index (Phi) is 10.5. The first-order valence-corrected chi connectivity index (χ1v) is 6.90. The van der Waals surface area contributed by atoms with Crippen LogP contribution in [0.5, 0.6) is 0 Å². The third-order valence-corrected chi connectivity index (χ3v) is 2.60. The molecular formula is C13H24F2N2O4. The Hall–Kier alpha value is -1.44. The Morgan fingerprint density at radius 2 is 1.90 bits per heavy atom. The lowest BCUT2D eigenvalue weighted by Gasteiger charge is -2.18. The SMILES string of the molecule is CC(C)CC(CNC(=O)NCCOCC(F)F)CC(=O)O. The predicted molar refractivity (Wildman–Crippen MR) is 73.4 cm³/mol. The first-order valence-electron chi connectivity index (χ1n) is 6.90. The molecule has 21 heavy (non-hydrogen) atoms. The molecule has 0 aromatic rings. The van der Waals surface area contributed by atoms with Crippen LogP contribution in [0.3, 0.4) is 0 Å². The smallest absolute Gasteiger partial charge is 0.314 e. The minimum Gasteiger partial charge on any atom is -0.481 e. The monoisotopic (exact) mass is 310 g/mol. The zero-order valence-corrected chi connectivity index (χ0v) is 12.4. The summed E-state index contributed by atoms with van der Waals surface area (Å²) < 4.78 is 28.1. The normalized spacial score (nSPS) is 12.5. The van der Waals surface area contributed by atoms with E-state index < -0.39 is 25.0 Å². The summed E-state index contributed by atoms with van der Waals surface area (Å²) in [6, 6.07) is -0.463. The highest BCUT2D eigenvalue weighted by Crippen LogP contribution is 2.14. The highest BCUT2D eigenvalue weighted by Gasteiger charge is 2.15. The second-order valence-electron chi connectivity index (χ2n) is 5.20. The minimum atomic E-state index is -2.52. The number of hydrogen-bond donors (Lipinski definition) is 3. The first-order chi connectivity index (χ1) is 9.81. The van der Waals surface area contributed by atoms with Gasteiger partial charge in [0.15, 0.2) is 0 Å². The number of amides is 2. The van der Waals surface area contributed by atoms with Crippen LogP contribution in [0, 0.1) is 11.8 Å². The topological polar surface area (TPSA) is 87.7 Å².